The summed E-state index contributed by atoms with van der Waals surface area (Å²) in [4.78, 5) is 0. The molecule has 0 radical (unpaired) electrons. The molecular weight excluding hydrogens is 261 g/mol. The summed E-state index contributed by atoms with van der Waals surface area (Å²) in [6, 6.07) is 1.93. The molecule has 1 N–H and O–H groups in total. The first-order chi connectivity index (χ1) is 7.79. The van der Waals surface area contributed by atoms with Crippen LogP contribution in [-0.4, -0.2) is 17.8 Å². The van der Waals surface area contributed by atoms with Gasteiger partial charge < -0.3 is 5.32 Å². The van der Waals surface area contributed by atoms with E-state index in [1.807, 2.05) is 0 Å². The van der Waals surface area contributed by atoms with Gasteiger partial charge in [-0.1, -0.05) is 0 Å². The zero-order chi connectivity index (χ0) is 13.1. The minimum absolute atomic E-state index is 0.0937. The van der Waals surface area contributed by atoms with Crippen molar-refractivity contribution < 1.29 is 22.0 Å². The number of thioether (sulfide) groups is 1. The van der Waals surface area contributed by atoms with Crippen LogP contribution in [0.1, 0.15) is 5.56 Å². The summed E-state index contributed by atoms with van der Waals surface area (Å²) in [5, 5.41) is 2.42. The fraction of sp³-hybridized carbons (Fsp3) is 0.400. The normalized spacial score (nSPS) is 11.6. The van der Waals surface area contributed by atoms with Crippen molar-refractivity contribution in [2.45, 2.75) is 12.4 Å². The maximum absolute atomic E-state index is 13.2. The van der Waals surface area contributed by atoms with Crippen molar-refractivity contribution in [2.24, 2.45) is 0 Å². The van der Waals surface area contributed by atoms with E-state index in [0.29, 0.717) is 0 Å². The molecule has 0 unspecified atom stereocenters. The van der Waals surface area contributed by atoms with Gasteiger partial charge in [0.1, 0.15) is 11.6 Å². The van der Waals surface area contributed by atoms with Crippen LogP contribution in [0, 0.1) is 18.6 Å². The van der Waals surface area contributed by atoms with Crippen LogP contribution < -0.4 is 5.32 Å². The van der Waals surface area contributed by atoms with Crippen molar-refractivity contribution in [1.82, 2.24) is 0 Å². The Morgan fingerprint density at radius 2 is 1.82 bits per heavy atom. The van der Waals surface area contributed by atoms with E-state index in [9.17, 15) is 22.0 Å². The number of benzene rings is 1. The molecule has 0 aliphatic rings. The SMILES string of the molecule is Cc1cc(F)c(NCCSC(F)(F)F)cc1F. The number of rotatable bonds is 4. The average Bonchev–Trinajstić information content (AvgIpc) is 2.18. The molecule has 0 saturated carbocycles. The summed E-state index contributed by atoms with van der Waals surface area (Å²) in [5.41, 5.74) is -4.28. The number of hydrogen-bond donors (Lipinski definition) is 1. The monoisotopic (exact) mass is 271 g/mol. The highest BCUT2D eigenvalue weighted by molar-refractivity contribution is 8.00. The van der Waals surface area contributed by atoms with Gasteiger partial charge in [0.05, 0.1) is 5.69 Å². The fourth-order valence-electron chi connectivity index (χ4n) is 1.13. The van der Waals surface area contributed by atoms with Crippen molar-refractivity contribution in [3.63, 3.8) is 0 Å². The summed E-state index contributed by atoms with van der Waals surface area (Å²) in [7, 11) is 0. The van der Waals surface area contributed by atoms with Gasteiger partial charge in [-0.2, -0.15) is 13.2 Å². The lowest BCUT2D eigenvalue weighted by Crippen LogP contribution is -2.10. The molecule has 1 aromatic rings. The highest BCUT2D eigenvalue weighted by atomic mass is 32.2. The van der Waals surface area contributed by atoms with Gasteiger partial charge in [0.25, 0.3) is 0 Å². The van der Waals surface area contributed by atoms with Crippen LogP contribution in [0.2, 0.25) is 0 Å². The van der Waals surface area contributed by atoms with Crippen molar-refractivity contribution in [1.29, 1.82) is 0 Å². The van der Waals surface area contributed by atoms with Gasteiger partial charge in [0.15, 0.2) is 0 Å². The van der Waals surface area contributed by atoms with Crippen LogP contribution in [0.4, 0.5) is 27.6 Å². The van der Waals surface area contributed by atoms with Gasteiger partial charge in [-0.05, 0) is 30.3 Å². The Bertz CT molecular complexity index is 391. The van der Waals surface area contributed by atoms with E-state index in [0.717, 1.165) is 12.1 Å². The van der Waals surface area contributed by atoms with Gasteiger partial charge >= 0.3 is 5.51 Å². The van der Waals surface area contributed by atoms with E-state index in [1.54, 1.807) is 0 Å². The predicted octanol–water partition coefficient (Wildman–Crippen LogP) is 3.94. The minimum atomic E-state index is -4.31. The second-order valence-corrected chi connectivity index (χ2v) is 4.46. The van der Waals surface area contributed by atoms with E-state index in [4.69, 9.17) is 0 Å². The molecule has 1 nitrogen and oxygen atoms in total. The lowest BCUT2D eigenvalue weighted by atomic mass is 10.2. The Hall–Kier alpha value is -0.980. The van der Waals surface area contributed by atoms with E-state index >= 15 is 0 Å². The molecule has 0 heterocycles. The van der Waals surface area contributed by atoms with Gasteiger partial charge in [-0.15, -0.1) is 0 Å². The third-order valence-corrected chi connectivity index (χ3v) is 2.67. The first-order valence-electron chi connectivity index (χ1n) is 4.70. The molecule has 0 atom stereocenters. The topological polar surface area (TPSA) is 12.0 Å². The molecule has 17 heavy (non-hydrogen) atoms. The summed E-state index contributed by atoms with van der Waals surface area (Å²) in [6.07, 6.45) is 0. The van der Waals surface area contributed by atoms with Gasteiger partial charge in [-0.25, -0.2) is 8.78 Å². The second-order valence-electron chi connectivity index (χ2n) is 3.30. The molecule has 0 bridgehead atoms. The molecule has 7 heteroatoms. The zero-order valence-electron chi connectivity index (χ0n) is 8.87. The van der Waals surface area contributed by atoms with Gasteiger partial charge in [0.2, 0.25) is 0 Å². The fourth-order valence-corrected chi connectivity index (χ4v) is 1.57. The van der Waals surface area contributed by atoms with Crippen LogP contribution >= 0.6 is 11.8 Å². The highest BCUT2D eigenvalue weighted by Crippen LogP contribution is 2.29. The third kappa shape index (κ3) is 4.80. The Balaban J connectivity index is 2.50. The van der Waals surface area contributed by atoms with Crippen LogP contribution in [0.3, 0.4) is 0 Å². The number of alkyl halides is 3. The van der Waals surface area contributed by atoms with E-state index in [2.05, 4.69) is 5.32 Å². The maximum atomic E-state index is 13.2. The van der Waals surface area contributed by atoms with Gasteiger partial charge in [-0.3, -0.25) is 0 Å². The number of aryl methyl sites for hydroxylation is 1. The summed E-state index contributed by atoms with van der Waals surface area (Å²) < 4.78 is 61.6. The van der Waals surface area contributed by atoms with Crippen LogP contribution in [0.15, 0.2) is 12.1 Å². The molecule has 1 rings (SSSR count). The van der Waals surface area contributed by atoms with Crippen molar-refractivity contribution in [3.8, 4) is 0 Å². The molecule has 1 aromatic carbocycles. The molecule has 0 aliphatic carbocycles. The molecule has 0 saturated heterocycles. The minimum Gasteiger partial charge on any atom is -0.382 e. The van der Waals surface area contributed by atoms with Gasteiger partial charge in [0, 0.05) is 18.4 Å². The highest BCUT2D eigenvalue weighted by Gasteiger charge is 2.27. The Morgan fingerprint density at radius 3 is 2.41 bits per heavy atom. The zero-order valence-corrected chi connectivity index (χ0v) is 9.68. The lowest BCUT2D eigenvalue weighted by Gasteiger charge is -2.09. The molecule has 0 aliphatic heterocycles. The van der Waals surface area contributed by atoms with E-state index in [-0.39, 0.29) is 35.3 Å². The van der Waals surface area contributed by atoms with E-state index in [1.165, 1.54) is 6.92 Å². The van der Waals surface area contributed by atoms with Crippen LogP contribution in [0.25, 0.3) is 0 Å². The van der Waals surface area contributed by atoms with E-state index < -0.39 is 17.1 Å². The Kier molecular flexibility index (Phi) is 4.62. The van der Waals surface area contributed by atoms with Crippen LogP contribution in [-0.2, 0) is 0 Å². The standard InChI is InChI=1S/C10H10F5NS/c1-6-4-8(12)9(5-7(6)11)16-2-3-17-10(13,14)15/h4-5,16H,2-3H2,1H3. The van der Waals surface area contributed by atoms with Crippen molar-refractivity contribution in [2.75, 3.05) is 17.6 Å². The molecule has 0 amide bonds. The summed E-state index contributed by atoms with van der Waals surface area (Å²) in [5.74, 6) is -1.54. The summed E-state index contributed by atoms with van der Waals surface area (Å²) >= 11 is -0.213. The second kappa shape index (κ2) is 5.57. The molecule has 96 valence electrons. The Morgan fingerprint density at radius 1 is 1.18 bits per heavy atom. The lowest BCUT2D eigenvalue weighted by molar-refractivity contribution is -0.0327. The number of nitrogens with one attached hydrogen (secondary N) is 1. The number of hydrogen-bond acceptors (Lipinski definition) is 2. The molecule has 0 spiro atoms. The molecular formula is C10H10F5NS. The van der Waals surface area contributed by atoms with Crippen molar-refractivity contribution >= 4 is 17.4 Å². The number of halogens is 5. The predicted molar refractivity (Wildman–Crippen MR) is 58.1 cm³/mol. The third-order valence-electron chi connectivity index (χ3n) is 1.93. The molecule has 0 aromatic heterocycles. The smallest absolute Gasteiger partial charge is 0.382 e. The summed E-state index contributed by atoms with van der Waals surface area (Å²) in [6.45, 7) is 1.31. The quantitative estimate of drug-likeness (QED) is 0.657. The molecule has 0 fully saturated rings. The van der Waals surface area contributed by atoms with Crippen molar-refractivity contribution in [3.05, 3.63) is 29.3 Å². The Labute approximate surface area is 99.4 Å². The average molecular weight is 271 g/mol. The maximum Gasteiger partial charge on any atom is 0.441 e. The first-order valence-corrected chi connectivity index (χ1v) is 5.68. The largest absolute Gasteiger partial charge is 0.441 e. The number of anilines is 1. The van der Waals surface area contributed by atoms with Crippen LogP contribution in [0.5, 0.6) is 0 Å². The first kappa shape index (κ1) is 14.1.